The van der Waals surface area contributed by atoms with Gasteiger partial charge in [-0.25, -0.2) is 15.0 Å². The lowest BCUT2D eigenvalue weighted by atomic mass is 9.95. The lowest BCUT2D eigenvalue weighted by molar-refractivity contribution is -0.213. The van der Waals surface area contributed by atoms with Crippen molar-refractivity contribution in [1.82, 2.24) is 19.5 Å². The zero-order chi connectivity index (χ0) is 22.7. The van der Waals surface area contributed by atoms with E-state index in [0.717, 1.165) is 24.2 Å². The van der Waals surface area contributed by atoms with Gasteiger partial charge in [-0.05, 0) is 24.0 Å². The first kappa shape index (κ1) is 20.8. The molecule has 2 N–H and O–H groups in total. The summed E-state index contributed by atoms with van der Waals surface area (Å²) in [6.07, 6.45) is 9.09. The zero-order valence-electron chi connectivity index (χ0n) is 19.0. The third-order valence-electron chi connectivity index (χ3n) is 7.78. The van der Waals surface area contributed by atoms with Gasteiger partial charge in [-0.15, -0.1) is 0 Å². The predicted molar refractivity (Wildman–Crippen MR) is 123 cm³/mol. The Bertz CT molecular complexity index is 1180. The molecule has 0 radical (unpaired) electrons. The first-order chi connectivity index (χ1) is 16.7. The van der Waals surface area contributed by atoms with Crippen LogP contribution in [0.25, 0.3) is 11.2 Å². The van der Waals surface area contributed by atoms with E-state index in [-0.39, 0.29) is 18.8 Å². The van der Waals surface area contributed by atoms with Crippen LogP contribution < -0.4 is 5.32 Å². The first-order valence-electron chi connectivity index (χ1n) is 12.4. The second-order valence-electron chi connectivity index (χ2n) is 9.97. The summed E-state index contributed by atoms with van der Waals surface area (Å²) >= 11 is 0. The standard InChI is InChI=1S/C25H29N5O4/c31-12-18-20-21(34-25(33-20)10-15-6-4-5-7-16(15)11-25)24(32-18)30-14-28-19-22(26-13-27-23(19)30)29-17-8-2-1-3-9-17/h4-7,13-14,17-18,20-21,24,31H,1-3,8-12H2,(H,26,27,29)/t18-,20?,21?,24-/m1/s1. The second-order valence-corrected chi connectivity index (χ2v) is 9.97. The van der Waals surface area contributed by atoms with Crippen molar-refractivity contribution in [3.63, 3.8) is 0 Å². The molecule has 4 heterocycles. The van der Waals surface area contributed by atoms with Gasteiger partial charge in [-0.3, -0.25) is 4.57 Å². The van der Waals surface area contributed by atoms with Crippen LogP contribution in [0.1, 0.15) is 49.5 Å². The summed E-state index contributed by atoms with van der Waals surface area (Å²) in [7, 11) is 0. The minimum atomic E-state index is -0.715. The van der Waals surface area contributed by atoms with Crippen molar-refractivity contribution in [2.45, 2.75) is 81.3 Å². The Morgan fingerprint density at radius 3 is 2.53 bits per heavy atom. The minimum absolute atomic E-state index is 0.139. The molecule has 4 aliphatic rings. The molecule has 4 atom stereocenters. The Balaban J connectivity index is 1.19. The molecule has 9 heteroatoms. The van der Waals surface area contributed by atoms with Crippen molar-refractivity contribution >= 4 is 17.0 Å². The van der Waals surface area contributed by atoms with Crippen molar-refractivity contribution in [3.05, 3.63) is 48.0 Å². The Morgan fingerprint density at radius 1 is 1.00 bits per heavy atom. The summed E-state index contributed by atoms with van der Waals surface area (Å²) in [6, 6.07) is 8.77. The van der Waals surface area contributed by atoms with Crippen molar-refractivity contribution in [2.75, 3.05) is 11.9 Å². The van der Waals surface area contributed by atoms with E-state index >= 15 is 0 Å². The van der Waals surface area contributed by atoms with E-state index in [1.807, 2.05) is 16.7 Å². The van der Waals surface area contributed by atoms with Crippen LogP contribution in [0.2, 0.25) is 0 Å². The van der Waals surface area contributed by atoms with Crippen LogP contribution in [0.15, 0.2) is 36.9 Å². The van der Waals surface area contributed by atoms with Crippen LogP contribution in [0.3, 0.4) is 0 Å². The summed E-state index contributed by atoms with van der Waals surface area (Å²) in [6.45, 7) is -0.139. The van der Waals surface area contributed by atoms with Gasteiger partial charge in [0.1, 0.15) is 24.6 Å². The van der Waals surface area contributed by atoms with Gasteiger partial charge in [0.05, 0.1) is 12.9 Å². The van der Waals surface area contributed by atoms with Crippen LogP contribution in [-0.2, 0) is 27.1 Å². The highest BCUT2D eigenvalue weighted by Gasteiger charge is 2.60. The molecule has 9 nitrogen and oxygen atoms in total. The lowest BCUT2D eigenvalue weighted by Gasteiger charge is -2.27. The maximum absolute atomic E-state index is 10.1. The average molecular weight is 464 g/mol. The number of nitrogens with zero attached hydrogens (tertiary/aromatic N) is 4. The van der Waals surface area contributed by atoms with Gasteiger partial charge in [-0.1, -0.05) is 43.5 Å². The molecule has 2 unspecified atom stereocenters. The highest BCUT2D eigenvalue weighted by molar-refractivity contribution is 5.82. The van der Waals surface area contributed by atoms with Crippen molar-refractivity contribution in [1.29, 1.82) is 0 Å². The van der Waals surface area contributed by atoms with E-state index in [9.17, 15) is 5.11 Å². The van der Waals surface area contributed by atoms with Gasteiger partial charge in [-0.2, -0.15) is 0 Å². The first-order valence-corrected chi connectivity index (χ1v) is 12.4. The van der Waals surface area contributed by atoms with Crippen LogP contribution in [0.5, 0.6) is 0 Å². The number of nitrogens with one attached hydrogen (secondary N) is 1. The molecular formula is C25H29N5O4. The monoisotopic (exact) mass is 463 g/mol. The predicted octanol–water partition coefficient (Wildman–Crippen LogP) is 2.74. The molecule has 2 aliphatic heterocycles. The summed E-state index contributed by atoms with van der Waals surface area (Å²) in [5, 5.41) is 13.6. The number of imidazole rings is 1. The molecule has 2 aliphatic carbocycles. The van der Waals surface area contributed by atoms with Crippen LogP contribution in [-0.4, -0.2) is 61.4 Å². The molecule has 2 saturated heterocycles. The highest BCUT2D eigenvalue weighted by atomic mass is 16.8. The molecule has 1 aromatic carbocycles. The van der Waals surface area contributed by atoms with Crippen LogP contribution in [0, 0.1) is 0 Å². The molecule has 3 aromatic rings. The van der Waals surface area contributed by atoms with Gasteiger partial charge in [0.15, 0.2) is 29.0 Å². The van der Waals surface area contributed by atoms with Crippen LogP contribution in [0.4, 0.5) is 5.82 Å². The average Bonchev–Trinajstić information content (AvgIpc) is 3.61. The molecule has 0 bridgehead atoms. The Hall–Kier alpha value is -2.59. The van der Waals surface area contributed by atoms with Gasteiger partial charge in [0, 0.05) is 18.9 Å². The SMILES string of the molecule is OC[C@H]1O[C@@H](n2cnc3c(NC4CCCCC4)ncnc32)C2OC3(Cc4ccccc4C3)OC21. The van der Waals surface area contributed by atoms with E-state index in [1.165, 1.54) is 30.4 Å². The Morgan fingerprint density at radius 2 is 1.76 bits per heavy atom. The number of anilines is 1. The van der Waals surface area contributed by atoms with E-state index in [2.05, 4.69) is 32.4 Å². The normalized spacial score (nSPS) is 30.1. The summed E-state index contributed by atoms with van der Waals surface area (Å²) in [4.78, 5) is 13.7. The molecule has 178 valence electrons. The smallest absolute Gasteiger partial charge is 0.177 e. The maximum Gasteiger partial charge on any atom is 0.177 e. The Kier molecular flexibility index (Phi) is 4.87. The van der Waals surface area contributed by atoms with Crippen molar-refractivity contribution in [3.8, 4) is 0 Å². The van der Waals surface area contributed by atoms with E-state index in [1.54, 1.807) is 12.7 Å². The fraction of sp³-hybridized carbons (Fsp3) is 0.560. The largest absolute Gasteiger partial charge is 0.394 e. The minimum Gasteiger partial charge on any atom is -0.394 e. The molecule has 1 spiro atoms. The summed E-state index contributed by atoms with van der Waals surface area (Å²) < 4.78 is 21.3. The molecule has 34 heavy (non-hydrogen) atoms. The quantitative estimate of drug-likeness (QED) is 0.609. The molecule has 3 fully saturated rings. The summed E-state index contributed by atoms with van der Waals surface area (Å²) in [5.74, 6) is 0.0447. The lowest BCUT2D eigenvalue weighted by Crippen LogP contribution is -2.36. The highest BCUT2D eigenvalue weighted by Crippen LogP contribution is 2.48. The third kappa shape index (κ3) is 3.25. The van der Waals surface area contributed by atoms with E-state index in [0.29, 0.717) is 24.5 Å². The number of hydrogen-bond acceptors (Lipinski definition) is 8. The van der Waals surface area contributed by atoms with E-state index < -0.39 is 18.1 Å². The number of benzene rings is 1. The molecule has 2 aromatic heterocycles. The van der Waals surface area contributed by atoms with Crippen LogP contribution >= 0.6 is 0 Å². The maximum atomic E-state index is 10.1. The Labute approximate surface area is 197 Å². The molecular weight excluding hydrogens is 434 g/mol. The van der Waals surface area contributed by atoms with Gasteiger partial charge >= 0.3 is 0 Å². The molecule has 0 amide bonds. The van der Waals surface area contributed by atoms with Gasteiger partial charge in [0.25, 0.3) is 0 Å². The van der Waals surface area contributed by atoms with Gasteiger partial charge < -0.3 is 24.6 Å². The molecule has 7 rings (SSSR count). The topological polar surface area (TPSA) is 104 Å². The number of fused-ring (bicyclic) bond motifs is 3. The number of aliphatic hydroxyl groups excluding tert-OH is 1. The van der Waals surface area contributed by atoms with Gasteiger partial charge in [0.2, 0.25) is 0 Å². The van der Waals surface area contributed by atoms with E-state index in [4.69, 9.17) is 14.2 Å². The number of rotatable bonds is 4. The molecule has 1 saturated carbocycles. The zero-order valence-corrected chi connectivity index (χ0v) is 19.0. The number of hydrogen-bond donors (Lipinski definition) is 2. The number of aliphatic hydroxyl groups is 1. The third-order valence-corrected chi connectivity index (χ3v) is 7.78. The second kappa shape index (κ2) is 7.98. The van der Waals surface area contributed by atoms with Crippen molar-refractivity contribution < 1.29 is 19.3 Å². The van der Waals surface area contributed by atoms with Crippen molar-refractivity contribution in [2.24, 2.45) is 0 Å². The number of aromatic nitrogens is 4. The number of ether oxygens (including phenoxy) is 3. The fourth-order valence-corrected chi connectivity index (χ4v) is 6.17. The summed E-state index contributed by atoms with van der Waals surface area (Å²) in [5.41, 5.74) is 3.91. The fourth-order valence-electron chi connectivity index (χ4n) is 6.17.